The average molecular weight is 318 g/mol. The summed E-state index contributed by atoms with van der Waals surface area (Å²) < 4.78 is 1.67. The predicted molar refractivity (Wildman–Crippen MR) is 80.4 cm³/mol. The zero-order valence-electron chi connectivity index (χ0n) is 11.4. The zero-order valence-corrected chi connectivity index (χ0v) is 12.1. The van der Waals surface area contributed by atoms with Crippen LogP contribution in [0.25, 0.3) is 5.65 Å². The van der Waals surface area contributed by atoms with Crippen molar-refractivity contribution in [1.29, 1.82) is 0 Å². The van der Waals surface area contributed by atoms with E-state index in [0.717, 1.165) is 12.8 Å². The molecule has 0 spiro atoms. The monoisotopic (exact) mass is 317 g/mol. The molecular weight excluding hydrogens is 306 g/mol. The highest BCUT2D eigenvalue weighted by molar-refractivity contribution is 6.29. The Bertz CT molecular complexity index is 838. The summed E-state index contributed by atoms with van der Waals surface area (Å²) in [4.78, 5) is 20.6. The summed E-state index contributed by atoms with van der Waals surface area (Å²) in [5, 5.41) is 12.9. The third kappa shape index (κ3) is 2.48. The van der Waals surface area contributed by atoms with E-state index in [-0.39, 0.29) is 17.1 Å². The van der Waals surface area contributed by atoms with Gasteiger partial charge in [-0.25, -0.2) is 9.97 Å². The Morgan fingerprint density at radius 2 is 2.27 bits per heavy atom. The molecule has 8 nitrogen and oxygen atoms in total. The van der Waals surface area contributed by atoms with E-state index in [1.165, 1.54) is 0 Å². The molecule has 0 bridgehead atoms. The van der Waals surface area contributed by atoms with Crippen molar-refractivity contribution in [1.82, 2.24) is 29.9 Å². The number of H-pyrrole nitrogens is 1. The predicted octanol–water partition coefficient (Wildman–Crippen LogP) is 1.74. The number of aromatic nitrogens is 5. The van der Waals surface area contributed by atoms with Gasteiger partial charge in [0, 0.05) is 30.6 Å². The van der Waals surface area contributed by atoms with Crippen LogP contribution in [0.5, 0.6) is 0 Å². The minimum absolute atomic E-state index is 0.187. The molecule has 3 aromatic rings. The molecule has 112 valence electrons. The standard InChI is InChI=1S/C13H12ClN7O/c14-9-5-11-17-8(12(22)16-7-1-2-7)6-21(11)13(18-9)19-10-3-4-15-20-10/h3-7H,1-2H2,(H,16,22)(H2,15,18,19,20). The van der Waals surface area contributed by atoms with E-state index >= 15 is 0 Å². The fourth-order valence-electron chi connectivity index (χ4n) is 2.09. The second kappa shape index (κ2) is 4.99. The molecule has 3 heterocycles. The normalized spacial score (nSPS) is 14.2. The van der Waals surface area contributed by atoms with Gasteiger partial charge in [0.15, 0.2) is 5.82 Å². The molecule has 22 heavy (non-hydrogen) atoms. The summed E-state index contributed by atoms with van der Waals surface area (Å²) in [5.74, 6) is 0.842. The SMILES string of the molecule is O=C(NC1CC1)c1cn2c(Nc3cc[nH]n3)nc(Cl)cc2n1. The second-order valence-corrected chi connectivity index (χ2v) is 5.48. The number of amides is 1. The fraction of sp³-hybridized carbons (Fsp3) is 0.231. The Morgan fingerprint density at radius 1 is 1.41 bits per heavy atom. The number of fused-ring (bicyclic) bond motifs is 1. The van der Waals surface area contributed by atoms with Crippen molar-refractivity contribution >= 4 is 34.9 Å². The molecule has 0 saturated heterocycles. The van der Waals surface area contributed by atoms with Crippen molar-refractivity contribution in [2.24, 2.45) is 0 Å². The third-order valence-electron chi connectivity index (χ3n) is 3.31. The number of carbonyl (C=O) groups is 1. The van der Waals surface area contributed by atoms with Gasteiger partial charge in [0.1, 0.15) is 16.5 Å². The van der Waals surface area contributed by atoms with Crippen molar-refractivity contribution in [3.63, 3.8) is 0 Å². The lowest BCUT2D eigenvalue weighted by atomic mass is 10.4. The van der Waals surface area contributed by atoms with Crippen molar-refractivity contribution < 1.29 is 4.79 Å². The largest absolute Gasteiger partial charge is 0.348 e. The number of halogens is 1. The van der Waals surface area contributed by atoms with Gasteiger partial charge in [-0.05, 0) is 12.8 Å². The highest BCUT2D eigenvalue weighted by atomic mass is 35.5. The maximum Gasteiger partial charge on any atom is 0.271 e. The summed E-state index contributed by atoms with van der Waals surface area (Å²) in [6.07, 6.45) is 5.37. The second-order valence-electron chi connectivity index (χ2n) is 5.09. The molecule has 4 rings (SSSR count). The molecule has 1 saturated carbocycles. The maximum absolute atomic E-state index is 12.1. The number of anilines is 2. The lowest BCUT2D eigenvalue weighted by Gasteiger charge is -2.05. The van der Waals surface area contributed by atoms with E-state index in [4.69, 9.17) is 11.6 Å². The number of hydrogen-bond acceptors (Lipinski definition) is 5. The number of nitrogens with zero attached hydrogens (tertiary/aromatic N) is 4. The number of nitrogens with one attached hydrogen (secondary N) is 3. The molecule has 0 aliphatic heterocycles. The molecule has 9 heteroatoms. The molecule has 1 aliphatic carbocycles. The van der Waals surface area contributed by atoms with Gasteiger partial charge in [-0.2, -0.15) is 5.10 Å². The Labute approximate surface area is 129 Å². The molecule has 3 N–H and O–H groups in total. The molecule has 0 atom stereocenters. The van der Waals surface area contributed by atoms with Crippen LogP contribution in [0.2, 0.25) is 5.15 Å². The van der Waals surface area contributed by atoms with Gasteiger partial charge in [-0.3, -0.25) is 14.3 Å². The van der Waals surface area contributed by atoms with Gasteiger partial charge in [-0.15, -0.1) is 0 Å². The number of aromatic amines is 1. The first-order valence-electron chi connectivity index (χ1n) is 6.82. The molecule has 3 aromatic heterocycles. The van der Waals surface area contributed by atoms with Gasteiger partial charge in [0.25, 0.3) is 5.91 Å². The first-order valence-corrected chi connectivity index (χ1v) is 7.20. The lowest BCUT2D eigenvalue weighted by molar-refractivity contribution is 0.0946. The van der Waals surface area contributed by atoms with Crippen LogP contribution in [0.3, 0.4) is 0 Å². The Kier molecular flexibility index (Phi) is 2.97. The smallest absolute Gasteiger partial charge is 0.271 e. The van der Waals surface area contributed by atoms with Crippen LogP contribution in [0, 0.1) is 0 Å². The van der Waals surface area contributed by atoms with Crippen LogP contribution < -0.4 is 10.6 Å². The molecular formula is C13H12ClN7O. The molecule has 0 radical (unpaired) electrons. The van der Waals surface area contributed by atoms with E-state index in [1.807, 2.05) is 0 Å². The highest BCUT2D eigenvalue weighted by Crippen LogP contribution is 2.21. The van der Waals surface area contributed by atoms with Gasteiger partial charge in [0.2, 0.25) is 5.95 Å². The van der Waals surface area contributed by atoms with Crippen molar-refractivity contribution in [2.75, 3.05) is 5.32 Å². The number of rotatable bonds is 4. The highest BCUT2D eigenvalue weighted by Gasteiger charge is 2.25. The topological polar surface area (TPSA) is 100 Å². The third-order valence-corrected chi connectivity index (χ3v) is 3.50. The molecule has 0 aromatic carbocycles. The summed E-state index contributed by atoms with van der Waals surface area (Å²) >= 11 is 6.01. The first kappa shape index (κ1) is 13.1. The van der Waals surface area contributed by atoms with Gasteiger partial charge < -0.3 is 10.6 Å². The fourth-order valence-corrected chi connectivity index (χ4v) is 2.27. The summed E-state index contributed by atoms with van der Waals surface area (Å²) in [7, 11) is 0. The molecule has 0 unspecified atom stereocenters. The van der Waals surface area contributed by atoms with E-state index in [9.17, 15) is 4.79 Å². The van der Waals surface area contributed by atoms with E-state index in [1.54, 1.807) is 28.9 Å². The van der Waals surface area contributed by atoms with Crippen molar-refractivity contribution in [2.45, 2.75) is 18.9 Å². The summed E-state index contributed by atoms with van der Waals surface area (Å²) in [5.41, 5.74) is 0.875. The van der Waals surface area contributed by atoms with Crippen LogP contribution in [-0.4, -0.2) is 36.5 Å². The van der Waals surface area contributed by atoms with Crippen LogP contribution in [0.4, 0.5) is 11.8 Å². The number of imidazole rings is 1. The van der Waals surface area contributed by atoms with Gasteiger partial charge in [-0.1, -0.05) is 11.6 Å². The zero-order chi connectivity index (χ0) is 15.1. The quantitative estimate of drug-likeness (QED) is 0.636. The molecule has 1 aliphatic rings. The number of hydrogen-bond donors (Lipinski definition) is 3. The summed E-state index contributed by atoms with van der Waals surface area (Å²) in [6, 6.07) is 3.64. The molecule has 1 fully saturated rings. The van der Waals surface area contributed by atoms with E-state index < -0.39 is 0 Å². The van der Waals surface area contributed by atoms with Crippen molar-refractivity contribution in [3.05, 3.63) is 35.4 Å². The lowest BCUT2D eigenvalue weighted by Crippen LogP contribution is -2.25. The van der Waals surface area contributed by atoms with Crippen LogP contribution >= 0.6 is 11.6 Å². The van der Waals surface area contributed by atoms with Crippen LogP contribution in [0.15, 0.2) is 24.5 Å². The van der Waals surface area contributed by atoms with Gasteiger partial charge >= 0.3 is 0 Å². The van der Waals surface area contributed by atoms with Gasteiger partial charge in [0.05, 0.1) is 0 Å². The Hall–Kier alpha value is -2.61. The summed E-state index contributed by atoms with van der Waals surface area (Å²) in [6.45, 7) is 0. The first-order chi connectivity index (χ1) is 10.7. The minimum Gasteiger partial charge on any atom is -0.348 e. The van der Waals surface area contributed by atoms with E-state index in [2.05, 4.69) is 30.8 Å². The average Bonchev–Trinajstić information content (AvgIpc) is 2.99. The van der Waals surface area contributed by atoms with Crippen molar-refractivity contribution in [3.8, 4) is 0 Å². The Morgan fingerprint density at radius 3 is 3.00 bits per heavy atom. The number of carbonyl (C=O) groups excluding carboxylic acids is 1. The minimum atomic E-state index is -0.187. The van der Waals surface area contributed by atoms with Crippen LogP contribution in [0.1, 0.15) is 23.3 Å². The maximum atomic E-state index is 12.1. The van der Waals surface area contributed by atoms with Crippen LogP contribution in [-0.2, 0) is 0 Å². The molecule has 1 amide bonds. The Balaban J connectivity index is 1.72. The van der Waals surface area contributed by atoms with E-state index in [0.29, 0.717) is 23.1 Å².